The highest BCUT2D eigenvalue weighted by atomic mass is 16.8. The number of aliphatic hydroxyl groups is 17. The lowest BCUT2D eigenvalue weighted by molar-refractivity contribution is -0.372. The number of aliphatic hydroxyl groups excluding tert-OH is 16. The third-order valence-electron chi connectivity index (χ3n) is 22.8. The number of hydrogen-bond acceptors (Lipinski definition) is 28. The van der Waals surface area contributed by atoms with Gasteiger partial charge in [0.25, 0.3) is 0 Å². The van der Waals surface area contributed by atoms with Crippen molar-refractivity contribution >= 4 is 5.97 Å². The van der Waals surface area contributed by atoms with Gasteiger partial charge < -0.3 is 134 Å². The van der Waals surface area contributed by atoms with Gasteiger partial charge in [-0.25, -0.2) is 0 Å². The van der Waals surface area contributed by atoms with Crippen molar-refractivity contribution in [2.75, 3.05) is 46.2 Å². The van der Waals surface area contributed by atoms with Crippen LogP contribution >= 0.6 is 0 Å². The van der Waals surface area contributed by atoms with Crippen molar-refractivity contribution in [3.8, 4) is 0 Å². The van der Waals surface area contributed by atoms with Crippen molar-refractivity contribution in [3.63, 3.8) is 0 Å². The Morgan fingerprint density at radius 2 is 1.25 bits per heavy atom. The molecular weight excluding hydrogens is 1130 g/mol. The van der Waals surface area contributed by atoms with Crippen molar-refractivity contribution in [1.29, 1.82) is 0 Å². The molecule has 0 bridgehead atoms. The molecule has 1 unspecified atom stereocenters. The second-order valence-corrected chi connectivity index (χ2v) is 27.8. The molecule has 0 aromatic carbocycles. The van der Waals surface area contributed by atoms with Gasteiger partial charge in [-0.15, -0.1) is 0 Å². The molecule has 9 fully saturated rings. The molecule has 488 valence electrons. The molecule has 0 aromatic rings. The predicted molar refractivity (Wildman–Crippen MR) is 282 cm³/mol. The van der Waals surface area contributed by atoms with Crippen LogP contribution in [-0.2, 0) is 52.2 Å². The van der Waals surface area contributed by atoms with Gasteiger partial charge >= 0.3 is 5.97 Å². The van der Waals surface area contributed by atoms with E-state index in [2.05, 4.69) is 40.7 Å². The molecule has 5 saturated heterocycles. The van der Waals surface area contributed by atoms with Crippen LogP contribution in [-0.4, -0.2) is 286 Å². The third-order valence-corrected chi connectivity index (χ3v) is 22.8. The summed E-state index contributed by atoms with van der Waals surface area (Å²) in [6.07, 6.45) is -32.8. The number of ether oxygens (including phenoxy) is 10. The minimum atomic E-state index is -2.08. The topological polar surface area (TPSA) is 453 Å². The van der Waals surface area contributed by atoms with Crippen LogP contribution in [0.1, 0.15) is 92.9 Å². The summed E-state index contributed by atoms with van der Waals surface area (Å²) in [6, 6.07) is 0. The average molecular weight is 1230 g/mol. The lowest BCUT2D eigenvalue weighted by Crippen LogP contribution is -2.71. The van der Waals surface area contributed by atoms with Crippen LogP contribution in [0.4, 0.5) is 0 Å². The van der Waals surface area contributed by atoms with Crippen LogP contribution in [0, 0.1) is 50.2 Å². The maximum Gasteiger partial charge on any atom is 0.317 e. The van der Waals surface area contributed by atoms with Crippen LogP contribution < -0.4 is 0 Å². The fourth-order valence-corrected chi connectivity index (χ4v) is 17.2. The summed E-state index contributed by atoms with van der Waals surface area (Å²) >= 11 is 0. The highest BCUT2D eigenvalue weighted by molar-refractivity contribution is 5.80. The van der Waals surface area contributed by atoms with Gasteiger partial charge in [-0.1, -0.05) is 46.3 Å². The van der Waals surface area contributed by atoms with Crippen LogP contribution in [0.25, 0.3) is 0 Å². The largest absolute Gasteiger partial charge is 0.432 e. The first-order valence-corrected chi connectivity index (χ1v) is 29.9. The van der Waals surface area contributed by atoms with E-state index in [4.69, 9.17) is 47.4 Å². The molecule has 85 heavy (non-hydrogen) atoms. The van der Waals surface area contributed by atoms with E-state index in [0.717, 1.165) is 5.57 Å². The number of rotatable bonds is 14. The van der Waals surface area contributed by atoms with E-state index in [9.17, 15) is 86.8 Å². The zero-order valence-corrected chi connectivity index (χ0v) is 48.8. The predicted octanol–water partition coefficient (Wildman–Crippen LogP) is -5.38. The van der Waals surface area contributed by atoms with Crippen molar-refractivity contribution in [1.82, 2.24) is 0 Å². The lowest BCUT2D eigenvalue weighted by Gasteiger charge is -2.73. The Morgan fingerprint density at radius 1 is 0.612 bits per heavy atom. The second-order valence-electron chi connectivity index (χ2n) is 27.8. The molecule has 5 aliphatic heterocycles. The zero-order valence-electron chi connectivity index (χ0n) is 48.8. The van der Waals surface area contributed by atoms with Gasteiger partial charge in [0.05, 0.1) is 70.7 Å². The monoisotopic (exact) mass is 1220 g/mol. The summed E-state index contributed by atoms with van der Waals surface area (Å²) in [4.78, 5) is 15.5. The Labute approximate surface area is 491 Å². The Kier molecular flexibility index (Phi) is 18.7. The molecule has 10 rings (SSSR count). The number of carbonyl (C=O) groups is 1. The fraction of sp³-hybridized carbons (Fsp3) is 0.947. The summed E-state index contributed by atoms with van der Waals surface area (Å²) < 4.78 is 58.5. The highest BCUT2D eigenvalue weighted by Crippen LogP contribution is 2.77. The quantitative estimate of drug-likeness (QED) is 0.0439. The molecule has 0 amide bonds. The molecule has 0 radical (unpaired) electrons. The van der Waals surface area contributed by atoms with Crippen molar-refractivity contribution in [3.05, 3.63) is 11.6 Å². The highest BCUT2D eigenvalue weighted by Gasteiger charge is 2.74. The first kappa shape index (κ1) is 66.1. The number of carbonyl (C=O) groups excluding carboxylic acids is 1. The SMILES string of the molecule is C[C@@H]1O[C@@H](O[C@H]2C(OC(=O)[C@]34CCC(C)(C)C[C@H]3C3=CC[C@]5(C)[C@H]6C[C@H](O)[C@H](O[C@@H]7O[C@H](CO)[C@@H](O)[C@H](O)[C@H]7O)C(CO)(CO)[C@@H]6CC[C@@]5(C)[C@]3(C)C[C@H]4O)OC[C@H](O)[C@@H]2O)[C@H](O)[C@H](O)[C@H]1O[C@@H]1OC[C@@H](O)[C@H](O[C@@H]2OC[C@](O)(CO)[C@H]2O)[C@H]1O. The summed E-state index contributed by atoms with van der Waals surface area (Å²) in [5, 5.41) is 188. The molecule has 5 heterocycles. The molecule has 28 heteroatoms. The standard InChI is InChI=1S/C57H92O28/c1-23-40(81-45-39(72)41(30(64)18-76-45)82-49-43(73)56(75,21-61)22-78-49)36(69)38(71)46(79-23)83-42-33(66)29(63)17-77-48(42)85-50(74)57-12-11-51(2,3)14-27(57)24-7-9-52(4)26-13-28(62)44(84-47-37(70)35(68)34(67)31(16-58)80-47)55(19-59,20-60)25(26)8-10-54(52,6)53(24,5)15-32(57)65/h7,23,25-49,58-73,75H,8-22H2,1-6H3/t23-,25+,26-,27-,28-,29-,30+,31+,32+,33-,34+,35-,36-,37+,38+,39+,40-,41-,42+,43-,44-,45-,46-,47-,48?,49-,52+,53+,54+,56+,57+/m0/s1. The maximum absolute atomic E-state index is 15.5. The van der Waals surface area contributed by atoms with Crippen LogP contribution in [0.5, 0.6) is 0 Å². The smallest absolute Gasteiger partial charge is 0.317 e. The van der Waals surface area contributed by atoms with Gasteiger partial charge in [0.2, 0.25) is 6.29 Å². The number of fused-ring (bicyclic) bond motifs is 7. The number of esters is 1. The summed E-state index contributed by atoms with van der Waals surface area (Å²) in [5.41, 5.74) is -6.77. The summed E-state index contributed by atoms with van der Waals surface area (Å²) in [6.45, 7) is 7.52. The van der Waals surface area contributed by atoms with Crippen molar-refractivity contribution in [2.45, 2.75) is 240 Å². The lowest BCUT2D eigenvalue weighted by atomic mass is 9.31. The van der Waals surface area contributed by atoms with Gasteiger partial charge in [0, 0.05) is 5.41 Å². The molecule has 31 atom stereocenters. The van der Waals surface area contributed by atoms with Gasteiger partial charge in [0.1, 0.15) is 90.4 Å². The minimum Gasteiger partial charge on any atom is -0.432 e. The Balaban J connectivity index is 0.865. The van der Waals surface area contributed by atoms with Crippen molar-refractivity contribution < 1.29 is 139 Å². The first-order valence-electron chi connectivity index (χ1n) is 29.9. The molecule has 0 aromatic heterocycles. The van der Waals surface area contributed by atoms with E-state index in [1.807, 2.05) is 0 Å². The zero-order chi connectivity index (χ0) is 62.1. The minimum absolute atomic E-state index is 0.0724. The molecule has 4 saturated carbocycles. The maximum atomic E-state index is 15.5. The molecule has 28 nitrogen and oxygen atoms in total. The van der Waals surface area contributed by atoms with Gasteiger partial charge in [-0.05, 0) is 97.7 Å². The number of hydrogen-bond donors (Lipinski definition) is 17. The molecular formula is C57H92O28. The summed E-state index contributed by atoms with van der Waals surface area (Å²) in [5.74, 6) is -2.36. The van der Waals surface area contributed by atoms with E-state index in [-0.39, 0.29) is 30.6 Å². The van der Waals surface area contributed by atoms with Crippen LogP contribution in [0.3, 0.4) is 0 Å². The molecule has 5 aliphatic carbocycles. The Bertz CT molecular complexity index is 2380. The van der Waals surface area contributed by atoms with E-state index in [1.165, 1.54) is 6.92 Å². The van der Waals surface area contributed by atoms with Crippen molar-refractivity contribution in [2.24, 2.45) is 50.2 Å². The van der Waals surface area contributed by atoms with E-state index < -0.39 is 238 Å². The van der Waals surface area contributed by atoms with E-state index >= 15 is 4.79 Å². The van der Waals surface area contributed by atoms with Crippen LogP contribution in [0.15, 0.2) is 11.6 Å². The normalized spacial score (nSPS) is 54.0. The van der Waals surface area contributed by atoms with Gasteiger partial charge in [-0.2, -0.15) is 0 Å². The Hall–Kier alpha value is -1.83. The van der Waals surface area contributed by atoms with E-state index in [1.54, 1.807) is 0 Å². The number of allylic oxidation sites excluding steroid dienone is 2. The van der Waals surface area contributed by atoms with Crippen LogP contribution in [0.2, 0.25) is 0 Å². The average Bonchev–Trinajstić information content (AvgIpc) is 0.960. The summed E-state index contributed by atoms with van der Waals surface area (Å²) in [7, 11) is 0. The fourth-order valence-electron chi connectivity index (χ4n) is 17.2. The van der Waals surface area contributed by atoms with E-state index in [0.29, 0.717) is 32.1 Å². The van der Waals surface area contributed by atoms with Gasteiger partial charge in [-0.3, -0.25) is 4.79 Å². The first-order chi connectivity index (χ1) is 39.9. The molecule has 10 aliphatic rings. The molecule has 0 spiro atoms. The second kappa shape index (κ2) is 24.0. The van der Waals surface area contributed by atoms with Gasteiger partial charge in [0.15, 0.2) is 31.3 Å². The third kappa shape index (κ3) is 10.5. The molecule has 17 N–H and O–H groups in total. The Morgan fingerprint density at radius 3 is 1.91 bits per heavy atom.